The molecule has 3 rings (SSSR count). The van der Waals surface area contributed by atoms with Gasteiger partial charge in [0.1, 0.15) is 5.82 Å². The maximum atomic E-state index is 4.64. The van der Waals surface area contributed by atoms with Crippen molar-refractivity contribution in [3.63, 3.8) is 0 Å². The molecule has 1 aromatic heterocycles. The predicted octanol–water partition coefficient (Wildman–Crippen LogP) is 2.58. The lowest BCUT2D eigenvalue weighted by Gasteiger charge is -2.30. The number of nitrogens with one attached hydrogen (secondary N) is 1. The Hall–Kier alpha value is -1.29. The van der Waals surface area contributed by atoms with Crippen molar-refractivity contribution in [1.82, 2.24) is 9.88 Å². The lowest BCUT2D eigenvalue weighted by molar-refractivity contribution is 0.264. The zero-order valence-electron chi connectivity index (χ0n) is 12.5. The molecule has 20 heavy (non-hydrogen) atoms. The van der Waals surface area contributed by atoms with E-state index in [0.717, 1.165) is 18.9 Å². The largest absolute Gasteiger partial charge is 0.381 e. The zero-order chi connectivity index (χ0) is 13.8. The van der Waals surface area contributed by atoms with Crippen molar-refractivity contribution in [3.8, 4) is 0 Å². The van der Waals surface area contributed by atoms with E-state index < -0.39 is 0 Å². The number of hydrogen-bond acceptors (Lipinski definition) is 4. The number of rotatable bonds is 3. The van der Waals surface area contributed by atoms with Gasteiger partial charge in [0.2, 0.25) is 0 Å². The molecule has 0 aliphatic carbocycles. The summed E-state index contributed by atoms with van der Waals surface area (Å²) in [5.41, 5.74) is 1.17. The molecule has 2 aliphatic rings. The fraction of sp³-hybridized carbons (Fsp3) is 0.688. The van der Waals surface area contributed by atoms with E-state index in [1.54, 1.807) is 0 Å². The second-order valence-corrected chi connectivity index (χ2v) is 6.17. The molecule has 1 N–H and O–H groups in total. The maximum absolute atomic E-state index is 4.64. The molecule has 0 atom stereocenters. The standard InChI is InChI=1S/C16H26N4/c1-19-11-7-14(8-12-19)18-15-5-6-16(17-13-15)20-9-3-2-4-10-20/h5-6,13-14,18H,2-4,7-12H2,1H3. The Morgan fingerprint density at radius 2 is 1.80 bits per heavy atom. The number of likely N-dealkylation sites (tertiary alicyclic amines) is 1. The van der Waals surface area contributed by atoms with Crippen LogP contribution in [-0.2, 0) is 0 Å². The van der Waals surface area contributed by atoms with Crippen molar-refractivity contribution in [2.45, 2.75) is 38.1 Å². The number of aromatic nitrogens is 1. The second kappa shape index (κ2) is 6.44. The van der Waals surface area contributed by atoms with Gasteiger partial charge in [-0.1, -0.05) is 0 Å². The highest BCUT2D eigenvalue weighted by molar-refractivity contribution is 5.49. The van der Waals surface area contributed by atoms with E-state index in [1.807, 2.05) is 6.20 Å². The highest BCUT2D eigenvalue weighted by atomic mass is 15.2. The first-order chi connectivity index (χ1) is 9.81. The van der Waals surface area contributed by atoms with Gasteiger partial charge in [-0.2, -0.15) is 0 Å². The molecule has 0 aromatic carbocycles. The molecular formula is C16H26N4. The molecule has 0 spiro atoms. The Morgan fingerprint density at radius 3 is 2.45 bits per heavy atom. The summed E-state index contributed by atoms with van der Waals surface area (Å²) < 4.78 is 0. The van der Waals surface area contributed by atoms with Crippen molar-refractivity contribution in [3.05, 3.63) is 18.3 Å². The molecular weight excluding hydrogens is 248 g/mol. The smallest absolute Gasteiger partial charge is 0.128 e. The lowest BCUT2D eigenvalue weighted by atomic mass is 10.1. The van der Waals surface area contributed by atoms with Gasteiger partial charge in [0.05, 0.1) is 11.9 Å². The maximum Gasteiger partial charge on any atom is 0.128 e. The first kappa shape index (κ1) is 13.7. The Morgan fingerprint density at radius 1 is 1.05 bits per heavy atom. The second-order valence-electron chi connectivity index (χ2n) is 6.17. The normalized spacial score (nSPS) is 21.9. The minimum absolute atomic E-state index is 0.605. The molecule has 2 fully saturated rings. The summed E-state index contributed by atoms with van der Waals surface area (Å²) in [7, 11) is 2.20. The van der Waals surface area contributed by atoms with E-state index in [1.165, 1.54) is 50.9 Å². The van der Waals surface area contributed by atoms with E-state index in [0.29, 0.717) is 6.04 Å². The fourth-order valence-corrected chi connectivity index (χ4v) is 3.17. The van der Waals surface area contributed by atoms with Crippen LogP contribution in [0.15, 0.2) is 18.3 Å². The van der Waals surface area contributed by atoms with Crippen LogP contribution >= 0.6 is 0 Å². The topological polar surface area (TPSA) is 31.4 Å². The molecule has 4 heteroatoms. The van der Waals surface area contributed by atoms with Crippen LogP contribution in [0.1, 0.15) is 32.1 Å². The summed E-state index contributed by atoms with van der Waals surface area (Å²) in [6.45, 7) is 4.71. The van der Waals surface area contributed by atoms with Gasteiger partial charge in [-0.25, -0.2) is 4.98 Å². The van der Waals surface area contributed by atoms with Crippen LogP contribution < -0.4 is 10.2 Å². The molecule has 2 saturated heterocycles. The van der Waals surface area contributed by atoms with Gasteiger partial charge in [-0.05, 0) is 64.4 Å². The van der Waals surface area contributed by atoms with Crippen LogP contribution in [0.2, 0.25) is 0 Å². The lowest BCUT2D eigenvalue weighted by Crippen LogP contribution is -2.36. The van der Waals surface area contributed by atoms with Gasteiger partial charge < -0.3 is 15.1 Å². The van der Waals surface area contributed by atoms with E-state index in [4.69, 9.17) is 0 Å². The molecule has 0 bridgehead atoms. The van der Waals surface area contributed by atoms with E-state index >= 15 is 0 Å². The Kier molecular flexibility index (Phi) is 4.41. The summed E-state index contributed by atoms with van der Waals surface area (Å²) in [4.78, 5) is 9.44. The third-order valence-electron chi connectivity index (χ3n) is 4.52. The molecule has 3 heterocycles. The Bertz CT molecular complexity index is 403. The summed E-state index contributed by atoms with van der Waals surface area (Å²) in [6.07, 6.45) is 8.43. The number of pyridine rings is 1. The van der Waals surface area contributed by atoms with Crippen LogP contribution in [0, 0.1) is 0 Å². The minimum Gasteiger partial charge on any atom is -0.381 e. The minimum atomic E-state index is 0.605. The first-order valence-corrected chi connectivity index (χ1v) is 7.97. The van der Waals surface area contributed by atoms with Crippen LogP contribution in [0.4, 0.5) is 11.5 Å². The van der Waals surface area contributed by atoms with Crippen LogP contribution in [0.3, 0.4) is 0 Å². The van der Waals surface area contributed by atoms with Crippen LogP contribution in [0.5, 0.6) is 0 Å². The van der Waals surface area contributed by atoms with Gasteiger partial charge in [-0.3, -0.25) is 0 Å². The van der Waals surface area contributed by atoms with Gasteiger partial charge in [0, 0.05) is 19.1 Å². The SMILES string of the molecule is CN1CCC(Nc2ccc(N3CCCCC3)nc2)CC1. The third-order valence-corrected chi connectivity index (χ3v) is 4.52. The molecule has 4 nitrogen and oxygen atoms in total. The molecule has 0 amide bonds. The summed E-state index contributed by atoms with van der Waals surface area (Å²) in [5.74, 6) is 1.14. The Balaban J connectivity index is 1.55. The van der Waals surface area contributed by atoms with Crippen molar-refractivity contribution in [1.29, 1.82) is 0 Å². The highest BCUT2D eigenvalue weighted by Gasteiger charge is 2.16. The number of hydrogen-bond donors (Lipinski definition) is 1. The average Bonchev–Trinajstić information content (AvgIpc) is 2.51. The van der Waals surface area contributed by atoms with Crippen molar-refractivity contribution < 1.29 is 0 Å². The monoisotopic (exact) mass is 274 g/mol. The van der Waals surface area contributed by atoms with Gasteiger partial charge >= 0.3 is 0 Å². The molecule has 0 unspecified atom stereocenters. The molecule has 0 radical (unpaired) electrons. The van der Waals surface area contributed by atoms with E-state index in [9.17, 15) is 0 Å². The van der Waals surface area contributed by atoms with Crippen molar-refractivity contribution in [2.24, 2.45) is 0 Å². The quantitative estimate of drug-likeness (QED) is 0.918. The average molecular weight is 274 g/mol. The van der Waals surface area contributed by atoms with Crippen LogP contribution in [-0.4, -0.2) is 49.2 Å². The zero-order valence-corrected chi connectivity index (χ0v) is 12.5. The highest BCUT2D eigenvalue weighted by Crippen LogP contribution is 2.20. The van der Waals surface area contributed by atoms with Gasteiger partial charge in [0.25, 0.3) is 0 Å². The molecule has 1 aromatic rings. The van der Waals surface area contributed by atoms with E-state index in [2.05, 4.69) is 39.3 Å². The summed E-state index contributed by atoms with van der Waals surface area (Å²) >= 11 is 0. The molecule has 0 saturated carbocycles. The van der Waals surface area contributed by atoms with Gasteiger partial charge in [-0.15, -0.1) is 0 Å². The van der Waals surface area contributed by atoms with E-state index in [-0.39, 0.29) is 0 Å². The summed E-state index contributed by atoms with van der Waals surface area (Å²) in [6, 6.07) is 4.96. The number of nitrogens with zero attached hydrogens (tertiary/aromatic N) is 3. The van der Waals surface area contributed by atoms with Crippen molar-refractivity contribution in [2.75, 3.05) is 43.4 Å². The number of anilines is 2. The van der Waals surface area contributed by atoms with Gasteiger partial charge in [0.15, 0.2) is 0 Å². The van der Waals surface area contributed by atoms with Crippen molar-refractivity contribution >= 4 is 11.5 Å². The third kappa shape index (κ3) is 3.42. The molecule has 2 aliphatic heterocycles. The van der Waals surface area contributed by atoms with Crippen LogP contribution in [0.25, 0.3) is 0 Å². The Labute approximate surface area is 122 Å². The predicted molar refractivity (Wildman–Crippen MR) is 84.4 cm³/mol. The molecule has 110 valence electrons. The first-order valence-electron chi connectivity index (χ1n) is 7.97. The summed E-state index contributed by atoms with van der Waals surface area (Å²) in [5, 5.41) is 3.62. The fourth-order valence-electron chi connectivity index (χ4n) is 3.17. The number of piperidine rings is 2.